The smallest absolute Gasteiger partial charge is 0.308 e. The minimum atomic E-state index is -0.404. The van der Waals surface area contributed by atoms with E-state index in [1.54, 1.807) is 21.0 Å². The van der Waals surface area contributed by atoms with Gasteiger partial charge in [-0.3, -0.25) is 9.59 Å². The second-order valence-electron chi connectivity index (χ2n) is 6.23. The summed E-state index contributed by atoms with van der Waals surface area (Å²) >= 11 is 0. The third-order valence-electron chi connectivity index (χ3n) is 3.18. The fourth-order valence-electron chi connectivity index (χ4n) is 2.19. The third-order valence-corrected chi connectivity index (χ3v) is 3.18. The number of ether oxygens (including phenoxy) is 2. The Kier molecular flexibility index (Phi) is 7.59. The van der Waals surface area contributed by atoms with Crippen molar-refractivity contribution in [2.24, 2.45) is 5.92 Å². The normalized spacial score (nSPS) is 12.1. The monoisotopic (exact) mass is 321 g/mol. The highest BCUT2D eigenvalue weighted by Crippen LogP contribution is 2.21. The number of methoxy groups -OCH3 is 1. The number of carbonyl (C=O) groups excluding carboxylic acids is 2. The summed E-state index contributed by atoms with van der Waals surface area (Å²) in [6, 6.07) is 6.91. The van der Waals surface area contributed by atoms with E-state index in [4.69, 9.17) is 9.47 Å². The summed E-state index contributed by atoms with van der Waals surface area (Å²) in [5.74, 6) is 0.587. The van der Waals surface area contributed by atoms with Gasteiger partial charge < -0.3 is 14.8 Å². The number of carbonyl (C=O) groups is 2. The van der Waals surface area contributed by atoms with Crippen LogP contribution in [0.25, 0.3) is 0 Å². The first-order valence-corrected chi connectivity index (χ1v) is 7.94. The zero-order chi connectivity index (χ0) is 17.4. The molecule has 128 valence electrons. The predicted octanol–water partition coefficient (Wildman–Crippen LogP) is 3.24. The van der Waals surface area contributed by atoms with Crippen LogP contribution in [-0.2, 0) is 14.3 Å². The van der Waals surface area contributed by atoms with Crippen molar-refractivity contribution in [3.8, 4) is 5.75 Å². The molecule has 0 aromatic heterocycles. The molecule has 0 aliphatic carbocycles. The molecule has 0 saturated carbocycles. The topological polar surface area (TPSA) is 64.6 Å². The average Bonchev–Trinajstić information content (AvgIpc) is 2.45. The molecule has 1 rings (SSSR count). The van der Waals surface area contributed by atoms with Crippen LogP contribution in [0.3, 0.4) is 0 Å². The van der Waals surface area contributed by atoms with E-state index in [-0.39, 0.29) is 30.3 Å². The van der Waals surface area contributed by atoms with Crippen LogP contribution < -0.4 is 10.1 Å². The molecule has 0 bridgehead atoms. The van der Waals surface area contributed by atoms with Gasteiger partial charge in [0.25, 0.3) is 0 Å². The number of rotatable bonds is 8. The van der Waals surface area contributed by atoms with Crippen molar-refractivity contribution < 1.29 is 19.1 Å². The fourth-order valence-corrected chi connectivity index (χ4v) is 2.19. The van der Waals surface area contributed by atoms with Gasteiger partial charge in [-0.1, -0.05) is 26.0 Å². The van der Waals surface area contributed by atoms with Gasteiger partial charge in [0.1, 0.15) is 5.75 Å². The maximum absolute atomic E-state index is 12.1. The molecule has 1 N–H and O–H groups in total. The van der Waals surface area contributed by atoms with Gasteiger partial charge in [0.15, 0.2) is 0 Å². The van der Waals surface area contributed by atoms with Gasteiger partial charge in [0.05, 0.1) is 25.7 Å². The lowest BCUT2D eigenvalue weighted by atomic mass is 10.0. The standard InChI is InChI=1S/C18H27NO4/c1-12(2)10-17(20)19-16(11-18(21)23-13(3)4)14-6-8-15(22-5)9-7-14/h6-9,12-13,16H,10-11H2,1-5H3,(H,19,20)/t16-/m1/s1. The molecule has 0 heterocycles. The van der Waals surface area contributed by atoms with E-state index in [2.05, 4.69) is 5.32 Å². The van der Waals surface area contributed by atoms with Gasteiger partial charge in [-0.25, -0.2) is 0 Å². The highest BCUT2D eigenvalue weighted by Gasteiger charge is 2.20. The minimum absolute atomic E-state index is 0.0711. The molecule has 0 aliphatic heterocycles. The Morgan fingerprint density at radius 1 is 1.04 bits per heavy atom. The van der Waals surface area contributed by atoms with Crippen molar-refractivity contribution in [1.82, 2.24) is 5.32 Å². The Morgan fingerprint density at radius 3 is 2.13 bits per heavy atom. The van der Waals surface area contributed by atoms with E-state index >= 15 is 0 Å². The maximum Gasteiger partial charge on any atom is 0.308 e. The highest BCUT2D eigenvalue weighted by atomic mass is 16.5. The molecule has 0 saturated heterocycles. The first kappa shape index (κ1) is 19.0. The van der Waals surface area contributed by atoms with Gasteiger partial charge >= 0.3 is 5.97 Å². The van der Waals surface area contributed by atoms with Crippen molar-refractivity contribution in [3.05, 3.63) is 29.8 Å². The summed E-state index contributed by atoms with van der Waals surface area (Å²) in [7, 11) is 1.59. The third kappa shape index (κ3) is 7.17. The molecule has 0 fully saturated rings. The predicted molar refractivity (Wildman–Crippen MR) is 89.2 cm³/mol. The lowest BCUT2D eigenvalue weighted by Gasteiger charge is -2.20. The molecule has 0 radical (unpaired) electrons. The number of hydrogen-bond donors (Lipinski definition) is 1. The van der Waals surface area contributed by atoms with Gasteiger partial charge in [0.2, 0.25) is 5.91 Å². The zero-order valence-electron chi connectivity index (χ0n) is 14.6. The van der Waals surface area contributed by atoms with Crippen molar-refractivity contribution in [2.45, 2.75) is 52.7 Å². The average molecular weight is 321 g/mol. The van der Waals surface area contributed by atoms with E-state index in [1.807, 2.05) is 38.1 Å². The van der Waals surface area contributed by atoms with Crippen LogP contribution in [0.1, 0.15) is 52.1 Å². The lowest BCUT2D eigenvalue weighted by molar-refractivity contribution is -0.148. The number of nitrogens with one attached hydrogen (secondary N) is 1. The van der Waals surface area contributed by atoms with Crippen LogP contribution in [0.15, 0.2) is 24.3 Å². The number of amides is 1. The molecule has 1 atom stereocenters. The van der Waals surface area contributed by atoms with Crippen molar-refractivity contribution >= 4 is 11.9 Å². The summed E-state index contributed by atoms with van der Waals surface area (Å²) in [6.45, 7) is 7.57. The second kappa shape index (κ2) is 9.18. The van der Waals surface area contributed by atoms with Crippen LogP contribution in [-0.4, -0.2) is 25.1 Å². The van der Waals surface area contributed by atoms with Crippen LogP contribution in [0.2, 0.25) is 0 Å². The molecule has 1 amide bonds. The quantitative estimate of drug-likeness (QED) is 0.747. The largest absolute Gasteiger partial charge is 0.497 e. The van der Waals surface area contributed by atoms with Crippen LogP contribution in [0.5, 0.6) is 5.75 Å². The van der Waals surface area contributed by atoms with E-state index in [0.29, 0.717) is 6.42 Å². The van der Waals surface area contributed by atoms with E-state index in [9.17, 15) is 9.59 Å². The minimum Gasteiger partial charge on any atom is -0.497 e. The van der Waals surface area contributed by atoms with Crippen molar-refractivity contribution in [1.29, 1.82) is 0 Å². The summed E-state index contributed by atoms with van der Waals surface area (Å²) in [4.78, 5) is 24.0. The van der Waals surface area contributed by atoms with E-state index in [1.165, 1.54) is 0 Å². The Morgan fingerprint density at radius 2 is 1.65 bits per heavy atom. The second-order valence-corrected chi connectivity index (χ2v) is 6.23. The molecular formula is C18H27NO4. The summed E-state index contributed by atoms with van der Waals surface area (Å²) in [5.41, 5.74) is 0.851. The first-order chi connectivity index (χ1) is 10.8. The van der Waals surface area contributed by atoms with Crippen LogP contribution in [0.4, 0.5) is 0 Å². The molecule has 23 heavy (non-hydrogen) atoms. The van der Waals surface area contributed by atoms with Gasteiger partial charge in [-0.05, 0) is 37.5 Å². The molecule has 5 heteroatoms. The molecule has 0 aliphatic rings. The summed E-state index contributed by atoms with van der Waals surface area (Å²) in [6.07, 6.45) is 0.352. The number of esters is 1. The molecule has 1 aromatic rings. The number of benzene rings is 1. The van der Waals surface area contributed by atoms with Gasteiger partial charge in [-0.15, -0.1) is 0 Å². The van der Waals surface area contributed by atoms with E-state index < -0.39 is 6.04 Å². The lowest BCUT2D eigenvalue weighted by Crippen LogP contribution is -2.31. The fraction of sp³-hybridized carbons (Fsp3) is 0.556. The van der Waals surface area contributed by atoms with Crippen molar-refractivity contribution in [3.63, 3.8) is 0 Å². The number of hydrogen-bond acceptors (Lipinski definition) is 4. The molecule has 5 nitrogen and oxygen atoms in total. The van der Waals surface area contributed by atoms with Gasteiger partial charge in [-0.2, -0.15) is 0 Å². The molecule has 0 unspecified atom stereocenters. The SMILES string of the molecule is COc1ccc([C@@H](CC(=O)OC(C)C)NC(=O)CC(C)C)cc1. The van der Waals surface area contributed by atoms with Crippen LogP contribution >= 0.6 is 0 Å². The molecule has 1 aromatic carbocycles. The van der Waals surface area contributed by atoms with Crippen molar-refractivity contribution in [2.75, 3.05) is 7.11 Å². The first-order valence-electron chi connectivity index (χ1n) is 7.94. The zero-order valence-corrected chi connectivity index (χ0v) is 14.6. The molecule has 0 spiro atoms. The summed E-state index contributed by atoms with van der Waals surface area (Å²) < 4.78 is 10.3. The van der Waals surface area contributed by atoms with Gasteiger partial charge in [0, 0.05) is 6.42 Å². The van der Waals surface area contributed by atoms with Crippen LogP contribution in [0, 0.1) is 5.92 Å². The highest BCUT2D eigenvalue weighted by molar-refractivity contribution is 5.78. The summed E-state index contributed by atoms with van der Waals surface area (Å²) in [5, 5.41) is 2.93. The molecular weight excluding hydrogens is 294 g/mol. The Balaban J connectivity index is 2.85. The van der Waals surface area contributed by atoms with E-state index in [0.717, 1.165) is 11.3 Å². The maximum atomic E-state index is 12.1. The Labute approximate surface area is 138 Å². The Bertz CT molecular complexity index is 484. The Hall–Kier alpha value is -2.04.